The van der Waals surface area contributed by atoms with Crippen LogP contribution in [0.4, 0.5) is 0 Å². The Morgan fingerprint density at radius 1 is 1.37 bits per heavy atom. The summed E-state index contributed by atoms with van der Waals surface area (Å²) in [4.78, 5) is 31.2. The maximum absolute atomic E-state index is 12.7. The number of nitrogens with zero attached hydrogens (tertiary/aromatic N) is 4. The molecule has 1 atom stereocenters. The summed E-state index contributed by atoms with van der Waals surface area (Å²) in [6, 6.07) is 5.18. The Bertz CT molecular complexity index is 1050. The number of hydrogen-bond acceptors (Lipinski definition) is 5. The van der Waals surface area contributed by atoms with Gasteiger partial charge in [0.05, 0.1) is 0 Å². The molecule has 8 nitrogen and oxygen atoms in total. The van der Waals surface area contributed by atoms with Gasteiger partial charge in [0, 0.05) is 54.5 Å². The van der Waals surface area contributed by atoms with Gasteiger partial charge >= 0.3 is 0 Å². The zero-order valence-corrected chi connectivity index (χ0v) is 15.7. The molecule has 1 aliphatic heterocycles. The summed E-state index contributed by atoms with van der Waals surface area (Å²) in [5, 5.41) is 7.06. The molecule has 3 aromatic rings. The number of aromatic amines is 1. The highest BCUT2D eigenvalue weighted by Crippen LogP contribution is 2.28. The van der Waals surface area contributed by atoms with Crippen molar-refractivity contribution in [3.05, 3.63) is 51.4 Å². The minimum absolute atomic E-state index is 0.113. The molecule has 3 aromatic heterocycles. The fourth-order valence-corrected chi connectivity index (χ4v) is 3.47. The third kappa shape index (κ3) is 3.15. The van der Waals surface area contributed by atoms with Crippen LogP contribution < -0.4 is 5.56 Å². The third-order valence-electron chi connectivity index (χ3n) is 5.12. The van der Waals surface area contributed by atoms with E-state index in [1.165, 1.54) is 4.52 Å². The number of rotatable bonds is 4. The number of aryl methyl sites for hydroxylation is 1. The average Bonchev–Trinajstić information content (AvgIpc) is 3.38. The Hall–Kier alpha value is -2.90. The minimum Gasteiger partial charge on any atom is -0.360 e. The molecule has 8 heteroatoms. The van der Waals surface area contributed by atoms with Crippen LogP contribution in [0.5, 0.6) is 0 Å². The van der Waals surface area contributed by atoms with Crippen LogP contribution in [-0.4, -0.2) is 43.7 Å². The van der Waals surface area contributed by atoms with E-state index in [-0.39, 0.29) is 23.3 Å². The first-order valence-electron chi connectivity index (χ1n) is 9.33. The van der Waals surface area contributed by atoms with Crippen LogP contribution >= 0.6 is 0 Å². The molecule has 0 radical (unpaired) electrons. The second-order valence-corrected chi connectivity index (χ2v) is 7.35. The van der Waals surface area contributed by atoms with E-state index >= 15 is 0 Å². The number of aromatic nitrogens is 4. The molecule has 0 spiro atoms. The molecule has 1 amide bonds. The van der Waals surface area contributed by atoms with Gasteiger partial charge in [-0.05, 0) is 12.8 Å². The molecule has 1 fully saturated rings. The van der Waals surface area contributed by atoms with Gasteiger partial charge in [-0.25, -0.2) is 9.50 Å². The Morgan fingerprint density at radius 2 is 2.19 bits per heavy atom. The number of amides is 1. The molecular weight excluding hydrogens is 346 g/mol. The molecule has 4 heterocycles. The van der Waals surface area contributed by atoms with Crippen molar-refractivity contribution in [2.75, 3.05) is 13.1 Å². The molecule has 1 saturated heterocycles. The quantitative estimate of drug-likeness (QED) is 0.761. The predicted octanol–water partition coefficient (Wildman–Crippen LogP) is 2.33. The van der Waals surface area contributed by atoms with Gasteiger partial charge in [0.15, 0.2) is 11.3 Å². The van der Waals surface area contributed by atoms with Gasteiger partial charge in [0.2, 0.25) is 0 Å². The van der Waals surface area contributed by atoms with Gasteiger partial charge in [-0.15, -0.1) is 0 Å². The highest BCUT2D eigenvalue weighted by molar-refractivity contribution is 5.92. The van der Waals surface area contributed by atoms with Crippen LogP contribution in [0.1, 0.15) is 66.7 Å². The van der Waals surface area contributed by atoms with Gasteiger partial charge in [0.1, 0.15) is 5.76 Å². The van der Waals surface area contributed by atoms with Gasteiger partial charge in [-0.1, -0.05) is 25.9 Å². The molecule has 0 bridgehead atoms. The molecule has 1 aliphatic rings. The van der Waals surface area contributed by atoms with Crippen molar-refractivity contribution in [3.8, 4) is 0 Å². The lowest BCUT2D eigenvalue weighted by Gasteiger charge is -2.14. The van der Waals surface area contributed by atoms with Crippen LogP contribution in [0, 0.1) is 0 Å². The number of fused-ring (bicyclic) bond motifs is 1. The topological polar surface area (TPSA) is 96.5 Å². The normalized spacial score (nSPS) is 17.3. The Morgan fingerprint density at radius 3 is 2.89 bits per heavy atom. The average molecular weight is 369 g/mol. The predicted molar refractivity (Wildman–Crippen MR) is 99.0 cm³/mol. The molecule has 27 heavy (non-hydrogen) atoms. The zero-order chi connectivity index (χ0) is 19.1. The summed E-state index contributed by atoms with van der Waals surface area (Å²) in [7, 11) is 0. The molecule has 4 rings (SSSR count). The molecule has 0 unspecified atom stereocenters. The fraction of sp³-hybridized carbons (Fsp3) is 0.474. The summed E-state index contributed by atoms with van der Waals surface area (Å²) in [5.74, 6) is 0.918. The van der Waals surface area contributed by atoms with E-state index in [0.717, 1.165) is 17.8 Å². The number of carbonyl (C=O) groups is 1. The summed E-state index contributed by atoms with van der Waals surface area (Å²) < 4.78 is 6.71. The van der Waals surface area contributed by atoms with E-state index in [1.807, 2.05) is 26.8 Å². The SMILES string of the molecule is CCc1cc(=O)n2[nH]c([C@@H]3CCN(C(=O)c4cc(C(C)C)on4)C3)cc2n1. The van der Waals surface area contributed by atoms with Crippen molar-refractivity contribution < 1.29 is 9.32 Å². The highest BCUT2D eigenvalue weighted by atomic mass is 16.5. The molecule has 0 aromatic carbocycles. The van der Waals surface area contributed by atoms with Crippen LogP contribution in [0.15, 0.2) is 27.5 Å². The molecule has 0 saturated carbocycles. The monoisotopic (exact) mass is 369 g/mol. The molecular formula is C19H23N5O3. The maximum atomic E-state index is 12.7. The lowest BCUT2D eigenvalue weighted by molar-refractivity contribution is 0.0780. The van der Waals surface area contributed by atoms with Gasteiger partial charge in [-0.3, -0.25) is 14.7 Å². The fourth-order valence-electron chi connectivity index (χ4n) is 3.47. The van der Waals surface area contributed by atoms with Crippen molar-refractivity contribution in [3.63, 3.8) is 0 Å². The summed E-state index contributed by atoms with van der Waals surface area (Å²) >= 11 is 0. The third-order valence-corrected chi connectivity index (χ3v) is 5.12. The Labute approximate surface area is 156 Å². The lowest BCUT2D eigenvalue weighted by Crippen LogP contribution is -2.28. The smallest absolute Gasteiger partial charge is 0.276 e. The van der Waals surface area contributed by atoms with E-state index in [0.29, 0.717) is 36.6 Å². The van der Waals surface area contributed by atoms with E-state index in [4.69, 9.17) is 4.52 Å². The number of nitrogens with one attached hydrogen (secondary N) is 1. The van der Waals surface area contributed by atoms with Crippen molar-refractivity contribution in [1.29, 1.82) is 0 Å². The second-order valence-electron chi connectivity index (χ2n) is 7.35. The van der Waals surface area contributed by atoms with Crippen molar-refractivity contribution in [2.45, 2.75) is 45.4 Å². The van der Waals surface area contributed by atoms with Crippen LogP contribution in [0.3, 0.4) is 0 Å². The molecule has 1 N–H and O–H groups in total. The number of likely N-dealkylation sites (tertiary alicyclic amines) is 1. The number of hydrogen-bond donors (Lipinski definition) is 1. The Kier molecular flexibility index (Phi) is 4.33. The molecule has 0 aliphatic carbocycles. The van der Waals surface area contributed by atoms with Crippen LogP contribution in [0.2, 0.25) is 0 Å². The van der Waals surface area contributed by atoms with E-state index < -0.39 is 0 Å². The zero-order valence-electron chi connectivity index (χ0n) is 15.7. The summed E-state index contributed by atoms with van der Waals surface area (Å²) in [6.07, 6.45) is 1.54. The highest BCUT2D eigenvalue weighted by Gasteiger charge is 2.31. The Balaban J connectivity index is 1.53. The van der Waals surface area contributed by atoms with Crippen molar-refractivity contribution in [2.24, 2.45) is 0 Å². The first-order chi connectivity index (χ1) is 13.0. The molecule has 142 valence electrons. The van der Waals surface area contributed by atoms with Gasteiger partial charge in [-0.2, -0.15) is 0 Å². The van der Waals surface area contributed by atoms with Crippen LogP contribution in [0.25, 0.3) is 5.65 Å². The second kappa shape index (κ2) is 6.68. The van der Waals surface area contributed by atoms with E-state index in [2.05, 4.69) is 15.2 Å². The number of carbonyl (C=O) groups excluding carboxylic acids is 1. The van der Waals surface area contributed by atoms with Crippen LogP contribution in [-0.2, 0) is 6.42 Å². The van der Waals surface area contributed by atoms with Crippen molar-refractivity contribution >= 4 is 11.6 Å². The lowest BCUT2D eigenvalue weighted by atomic mass is 10.1. The van der Waals surface area contributed by atoms with Gasteiger partial charge in [0.25, 0.3) is 11.5 Å². The summed E-state index contributed by atoms with van der Waals surface area (Å²) in [6.45, 7) is 7.18. The first kappa shape index (κ1) is 17.5. The van der Waals surface area contributed by atoms with Crippen molar-refractivity contribution in [1.82, 2.24) is 24.7 Å². The van der Waals surface area contributed by atoms with E-state index in [9.17, 15) is 9.59 Å². The largest absolute Gasteiger partial charge is 0.360 e. The number of H-pyrrole nitrogens is 1. The first-order valence-corrected chi connectivity index (χ1v) is 9.33. The standard InChI is InChI=1S/C19H23N5O3/c1-4-13-7-18(25)24-17(20-13)9-14(21-24)12-5-6-23(10-12)19(26)15-8-16(11(2)3)27-22-15/h7-9,11-12,21H,4-6,10H2,1-3H3/t12-/m1/s1. The summed E-state index contributed by atoms with van der Waals surface area (Å²) in [5.41, 5.74) is 2.56. The van der Waals surface area contributed by atoms with Gasteiger partial charge < -0.3 is 9.42 Å². The van der Waals surface area contributed by atoms with E-state index in [1.54, 1.807) is 17.0 Å². The maximum Gasteiger partial charge on any atom is 0.276 e. The minimum atomic E-state index is -0.118.